The van der Waals surface area contributed by atoms with Gasteiger partial charge < -0.3 is 20.5 Å². The summed E-state index contributed by atoms with van der Waals surface area (Å²) >= 11 is 0. The molecule has 0 radical (unpaired) electrons. The van der Waals surface area contributed by atoms with E-state index in [0.717, 1.165) is 23.1 Å². The van der Waals surface area contributed by atoms with Crippen molar-refractivity contribution in [3.63, 3.8) is 0 Å². The fourth-order valence-electron chi connectivity index (χ4n) is 3.29. The molecule has 1 aliphatic rings. The van der Waals surface area contributed by atoms with E-state index in [1.165, 1.54) is 17.7 Å². The van der Waals surface area contributed by atoms with Crippen LogP contribution in [0.2, 0.25) is 0 Å². The Morgan fingerprint density at radius 2 is 1.90 bits per heavy atom. The van der Waals surface area contributed by atoms with Crippen molar-refractivity contribution in [2.75, 3.05) is 19.9 Å². The summed E-state index contributed by atoms with van der Waals surface area (Å²) in [4.78, 5) is 12.1. The summed E-state index contributed by atoms with van der Waals surface area (Å²) in [5, 5.41) is 2.59. The molecule has 8 nitrogen and oxygen atoms in total. The summed E-state index contributed by atoms with van der Waals surface area (Å²) in [5.41, 5.74) is 9.67. The van der Waals surface area contributed by atoms with E-state index in [0.29, 0.717) is 32.9 Å². The summed E-state index contributed by atoms with van der Waals surface area (Å²) in [6, 6.07) is 11.4. The summed E-state index contributed by atoms with van der Waals surface area (Å²) in [5.74, 6) is 0. The van der Waals surface area contributed by atoms with E-state index in [9.17, 15) is 13.2 Å². The van der Waals surface area contributed by atoms with E-state index in [2.05, 4.69) is 18.3 Å². The molecular formula is C21H27N3O5S. The average molecular weight is 434 g/mol. The zero-order valence-electron chi connectivity index (χ0n) is 16.9. The van der Waals surface area contributed by atoms with Crippen molar-refractivity contribution in [1.29, 1.82) is 0 Å². The summed E-state index contributed by atoms with van der Waals surface area (Å²) in [7, 11) is -3.93. The second-order valence-electron chi connectivity index (χ2n) is 6.99. The first-order valence-corrected chi connectivity index (χ1v) is 11.3. The number of hydrogen-bond acceptors (Lipinski definition) is 6. The van der Waals surface area contributed by atoms with Crippen LogP contribution in [0.15, 0.2) is 47.4 Å². The quantitative estimate of drug-likeness (QED) is 0.586. The van der Waals surface area contributed by atoms with E-state index < -0.39 is 16.1 Å². The molecule has 162 valence electrons. The van der Waals surface area contributed by atoms with Crippen molar-refractivity contribution in [2.45, 2.75) is 37.3 Å². The molecule has 30 heavy (non-hydrogen) atoms. The van der Waals surface area contributed by atoms with Gasteiger partial charge in [0, 0.05) is 13.1 Å². The first kappa shape index (κ1) is 22.2. The highest BCUT2D eigenvalue weighted by Gasteiger charge is 2.21. The minimum Gasteiger partial charge on any atom is -0.352 e. The number of aryl methyl sites for hydroxylation is 1. The molecule has 0 aromatic heterocycles. The molecular weight excluding hydrogens is 406 g/mol. The normalized spacial score (nSPS) is 16.4. The standard InChI is InChI=1S/C21H27N3O5S/c1-2-17-11-15(5-8-19(17)20-13-28-14-29-20)9-10-23-21(25)24-30(26,27)18-6-3-16(12-22)4-7-18/h3-8,11,20H,2,9-10,12-14,22H2,1H3,(H2,23,24,25). The number of nitrogens with one attached hydrogen (secondary N) is 2. The predicted octanol–water partition coefficient (Wildman–Crippen LogP) is 1.98. The Labute approximate surface area is 176 Å². The highest BCUT2D eigenvalue weighted by atomic mass is 32.2. The molecule has 2 aromatic rings. The number of urea groups is 1. The largest absolute Gasteiger partial charge is 0.352 e. The number of nitrogens with two attached hydrogens (primary N) is 1. The van der Waals surface area contributed by atoms with Gasteiger partial charge in [-0.1, -0.05) is 37.3 Å². The molecule has 0 aliphatic carbocycles. The number of carbonyl (C=O) groups is 1. The SMILES string of the molecule is CCc1cc(CCNC(=O)NS(=O)(=O)c2ccc(CN)cc2)ccc1C1COCO1. The van der Waals surface area contributed by atoms with E-state index in [1.807, 2.05) is 16.9 Å². The molecule has 9 heteroatoms. The van der Waals surface area contributed by atoms with E-state index in [4.69, 9.17) is 15.2 Å². The minimum absolute atomic E-state index is 0.0103. The van der Waals surface area contributed by atoms with Crippen LogP contribution in [0.25, 0.3) is 0 Å². The van der Waals surface area contributed by atoms with Gasteiger partial charge in [-0.3, -0.25) is 0 Å². The lowest BCUT2D eigenvalue weighted by Gasteiger charge is -2.15. The van der Waals surface area contributed by atoms with Crippen molar-refractivity contribution in [2.24, 2.45) is 5.73 Å². The molecule has 0 spiro atoms. The molecule has 1 saturated heterocycles. The minimum atomic E-state index is -3.93. The Bertz CT molecular complexity index is 971. The molecule has 2 amide bonds. The Balaban J connectivity index is 1.53. The van der Waals surface area contributed by atoms with Crippen LogP contribution in [0.4, 0.5) is 4.79 Å². The third-order valence-corrected chi connectivity index (χ3v) is 6.30. The van der Waals surface area contributed by atoms with Gasteiger partial charge in [-0.15, -0.1) is 0 Å². The Morgan fingerprint density at radius 1 is 1.17 bits per heavy atom. The van der Waals surface area contributed by atoms with Crippen molar-refractivity contribution < 1.29 is 22.7 Å². The maximum Gasteiger partial charge on any atom is 0.328 e. The van der Waals surface area contributed by atoms with Gasteiger partial charge in [0.2, 0.25) is 0 Å². The number of carbonyl (C=O) groups excluding carboxylic acids is 1. The molecule has 2 aromatic carbocycles. The highest BCUT2D eigenvalue weighted by Crippen LogP contribution is 2.27. The van der Waals surface area contributed by atoms with Crippen LogP contribution in [0.1, 0.15) is 35.3 Å². The molecule has 1 fully saturated rings. The van der Waals surface area contributed by atoms with Crippen molar-refractivity contribution in [3.05, 3.63) is 64.7 Å². The number of rotatable bonds is 8. The fourth-order valence-corrected chi connectivity index (χ4v) is 4.22. The van der Waals surface area contributed by atoms with Crippen LogP contribution in [0, 0.1) is 0 Å². The number of sulfonamides is 1. The zero-order chi connectivity index (χ0) is 21.6. The van der Waals surface area contributed by atoms with Crippen molar-refractivity contribution in [3.8, 4) is 0 Å². The third-order valence-electron chi connectivity index (χ3n) is 4.95. The van der Waals surface area contributed by atoms with E-state index >= 15 is 0 Å². The Morgan fingerprint density at radius 3 is 2.53 bits per heavy atom. The molecule has 1 heterocycles. The van der Waals surface area contributed by atoms with Crippen LogP contribution in [-0.2, 0) is 38.9 Å². The van der Waals surface area contributed by atoms with E-state index in [1.54, 1.807) is 12.1 Å². The Kier molecular flexibility index (Phi) is 7.43. The third kappa shape index (κ3) is 5.57. The first-order valence-electron chi connectivity index (χ1n) is 9.83. The summed E-state index contributed by atoms with van der Waals surface area (Å²) in [6.45, 7) is 3.57. The number of amides is 2. The van der Waals surface area contributed by atoms with Gasteiger partial charge in [0.15, 0.2) is 0 Å². The summed E-state index contributed by atoms with van der Waals surface area (Å²) in [6.07, 6.45) is 1.40. The molecule has 3 rings (SSSR count). The van der Waals surface area contributed by atoms with Gasteiger partial charge in [0.25, 0.3) is 10.0 Å². The second-order valence-corrected chi connectivity index (χ2v) is 8.67. The highest BCUT2D eigenvalue weighted by molar-refractivity contribution is 7.90. The number of benzene rings is 2. The van der Waals surface area contributed by atoms with E-state index in [-0.39, 0.29) is 11.0 Å². The molecule has 1 atom stereocenters. The monoisotopic (exact) mass is 433 g/mol. The van der Waals surface area contributed by atoms with Gasteiger partial charge in [-0.2, -0.15) is 0 Å². The lowest BCUT2D eigenvalue weighted by Crippen LogP contribution is -2.40. The van der Waals surface area contributed by atoms with Crippen LogP contribution >= 0.6 is 0 Å². The topological polar surface area (TPSA) is 120 Å². The molecule has 1 unspecified atom stereocenters. The van der Waals surface area contributed by atoms with Crippen LogP contribution in [-0.4, -0.2) is 34.4 Å². The lowest BCUT2D eigenvalue weighted by atomic mass is 9.97. The van der Waals surface area contributed by atoms with Gasteiger partial charge in [-0.25, -0.2) is 17.9 Å². The van der Waals surface area contributed by atoms with Gasteiger partial charge in [0.1, 0.15) is 12.9 Å². The second kappa shape index (κ2) is 10.0. The zero-order valence-corrected chi connectivity index (χ0v) is 17.7. The molecule has 1 aliphatic heterocycles. The predicted molar refractivity (Wildman–Crippen MR) is 112 cm³/mol. The van der Waals surface area contributed by atoms with Crippen LogP contribution in [0.3, 0.4) is 0 Å². The summed E-state index contributed by atoms with van der Waals surface area (Å²) < 4.78 is 37.5. The lowest BCUT2D eigenvalue weighted by molar-refractivity contribution is 0.0464. The Hall–Kier alpha value is -2.46. The van der Waals surface area contributed by atoms with Gasteiger partial charge in [0.05, 0.1) is 11.5 Å². The molecule has 0 bridgehead atoms. The van der Waals surface area contributed by atoms with Crippen molar-refractivity contribution in [1.82, 2.24) is 10.0 Å². The number of ether oxygens (including phenoxy) is 2. The van der Waals surface area contributed by atoms with Crippen LogP contribution in [0.5, 0.6) is 0 Å². The molecule has 4 N–H and O–H groups in total. The van der Waals surface area contributed by atoms with Gasteiger partial charge in [-0.05, 0) is 47.2 Å². The van der Waals surface area contributed by atoms with Crippen LogP contribution < -0.4 is 15.8 Å². The van der Waals surface area contributed by atoms with Gasteiger partial charge >= 0.3 is 6.03 Å². The number of hydrogen-bond donors (Lipinski definition) is 3. The fraction of sp³-hybridized carbons (Fsp3) is 0.381. The average Bonchev–Trinajstić information content (AvgIpc) is 3.28. The molecule has 0 saturated carbocycles. The van der Waals surface area contributed by atoms with Crippen molar-refractivity contribution >= 4 is 16.1 Å². The maximum atomic E-state index is 12.3. The maximum absolute atomic E-state index is 12.3. The first-order chi connectivity index (χ1) is 14.4. The smallest absolute Gasteiger partial charge is 0.328 e.